The number of ether oxygens (including phenoxy) is 1. The quantitative estimate of drug-likeness (QED) is 0.391. The Morgan fingerprint density at radius 3 is 2.82 bits per heavy atom. The minimum atomic E-state index is -0.412. The second kappa shape index (κ2) is 3.75. The highest BCUT2D eigenvalue weighted by Gasteiger charge is 2.37. The lowest BCUT2D eigenvalue weighted by Crippen LogP contribution is -2.33. The molecule has 0 aliphatic carbocycles. The summed E-state index contributed by atoms with van der Waals surface area (Å²) in [6.07, 6.45) is 0. The highest BCUT2D eigenvalue weighted by Crippen LogP contribution is 2.41. The van der Waals surface area contributed by atoms with Crippen LogP contribution in [0.2, 0.25) is 0 Å². The lowest BCUT2D eigenvalue weighted by molar-refractivity contribution is -0.142. The zero-order valence-corrected chi connectivity index (χ0v) is 8.22. The first kappa shape index (κ1) is 9.31. The third-order valence-corrected chi connectivity index (χ3v) is 4.60. The van der Waals surface area contributed by atoms with Crippen LogP contribution in [0.15, 0.2) is 0 Å². The number of carbonyl (C=O) groups excluding carboxylic acids is 1. The van der Waals surface area contributed by atoms with Gasteiger partial charge in [0.25, 0.3) is 0 Å². The molecule has 0 spiro atoms. The van der Waals surface area contributed by atoms with E-state index in [2.05, 4.69) is 4.74 Å². The van der Waals surface area contributed by atoms with Crippen LogP contribution in [0.3, 0.4) is 0 Å². The van der Waals surface area contributed by atoms with Gasteiger partial charge in [0.15, 0.2) is 0 Å². The number of hydrogen-bond donors (Lipinski definition) is 1. The molecule has 0 radical (unpaired) electrons. The first-order valence-corrected chi connectivity index (χ1v) is 5.49. The average Bonchev–Trinajstić information content (AvgIpc) is 2.30. The van der Waals surface area contributed by atoms with Gasteiger partial charge >= 0.3 is 5.97 Å². The van der Waals surface area contributed by atoms with Crippen LogP contribution in [-0.2, 0) is 9.53 Å². The Labute approximate surface area is 77.8 Å². The van der Waals surface area contributed by atoms with Crippen molar-refractivity contribution in [2.75, 3.05) is 7.11 Å². The lowest BCUT2D eigenvalue weighted by atomic mass is 10.2. The Bertz CT molecular complexity index is 196. The molecule has 0 aromatic rings. The van der Waals surface area contributed by atoms with Crippen molar-refractivity contribution < 1.29 is 9.53 Å². The number of thiocarbonyl (C=S) groups is 1. The molecule has 6 heteroatoms. The van der Waals surface area contributed by atoms with Gasteiger partial charge in [0.05, 0.1) is 16.7 Å². The maximum Gasteiger partial charge on any atom is 0.317 e. The van der Waals surface area contributed by atoms with Crippen molar-refractivity contribution in [3.05, 3.63) is 0 Å². The van der Waals surface area contributed by atoms with Crippen LogP contribution >= 0.6 is 33.8 Å². The molecule has 3 nitrogen and oxygen atoms in total. The largest absolute Gasteiger partial charge is 0.468 e. The summed E-state index contributed by atoms with van der Waals surface area (Å²) in [6.45, 7) is 0. The fourth-order valence-electron chi connectivity index (χ4n) is 0.702. The maximum absolute atomic E-state index is 11.0. The number of carbonyl (C=O) groups is 1. The molecule has 2 atom stereocenters. The fraction of sp³-hybridized carbons (Fsp3) is 0.600. The third kappa shape index (κ3) is 1.87. The van der Waals surface area contributed by atoms with E-state index in [1.165, 1.54) is 28.7 Å². The summed E-state index contributed by atoms with van der Waals surface area (Å²) in [5.41, 5.74) is 5.60. The topological polar surface area (TPSA) is 52.3 Å². The number of hydrogen-bond acceptors (Lipinski definition) is 6. The minimum absolute atomic E-state index is 0.250. The second-order valence-electron chi connectivity index (χ2n) is 1.96. The molecule has 1 fully saturated rings. The SMILES string of the molecule is COC(=O)[C@@H]1C(=S)SS[C@H]1N. The molecule has 1 heterocycles. The van der Waals surface area contributed by atoms with Crippen LogP contribution in [0.1, 0.15) is 0 Å². The van der Waals surface area contributed by atoms with Crippen molar-refractivity contribution in [2.24, 2.45) is 11.7 Å². The molecule has 0 amide bonds. The second-order valence-corrected chi connectivity index (χ2v) is 5.08. The standard InChI is InChI=1S/C5H7NO2S3/c1-8-4(7)2-3(6)10-11-5(2)9/h2-3H,6H2,1H3/t2-,3-/m1/s1. The normalized spacial score (nSPS) is 30.5. The summed E-state index contributed by atoms with van der Waals surface area (Å²) in [6, 6.07) is 0. The van der Waals surface area contributed by atoms with Crippen LogP contribution in [-0.4, -0.2) is 22.6 Å². The Hall–Kier alpha value is 0.220. The predicted octanol–water partition coefficient (Wildman–Crippen LogP) is 0.783. The van der Waals surface area contributed by atoms with E-state index in [1.54, 1.807) is 0 Å². The molecule has 1 rings (SSSR count). The first-order valence-electron chi connectivity index (χ1n) is 2.87. The minimum Gasteiger partial charge on any atom is -0.468 e. The molecule has 1 saturated heterocycles. The van der Waals surface area contributed by atoms with E-state index in [-0.39, 0.29) is 11.3 Å². The molecular weight excluding hydrogens is 202 g/mol. The van der Waals surface area contributed by atoms with E-state index in [4.69, 9.17) is 18.0 Å². The Morgan fingerprint density at radius 2 is 2.45 bits per heavy atom. The Kier molecular flexibility index (Phi) is 3.17. The summed E-state index contributed by atoms with van der Waals surface area (Å²) < 4.78 is 5.16. The number of esters is 1. The van der Waals surface area contributed by atoms with E-state index >= 15 is 0 Å². The van der Waals surface area contributed by atoms with Crippen molar-refractivity contribution in [1.82, 2.24) is 0 Å². The molecule has 0 unspecified atom stereocenters. The third-order valence-electron chi connectivity index (χ3n) is 1.28. The summed E-state index contributed by atoms with van der Waals surface area (Å²) in [7, 11) is 4.13. The molecule has 2 N–H and O–H groups in total. The molecule has 0 bridgehead atoms. The van der Waals surface area contributed by atoms with Crippen molar-refractivity contribution in [3.8, 4) is 0 Å². The average molecular weight is 209 g/mol. The van der Waals surface area contributed by atoms with Crippen LogP contribution in [0.25, 0.3) is 0 Å². The monoisotopic (exact) mass is 209 g/mol. The zero-order valence-electron chi connectivity index (χ0n) is 5.77. The van der Waals surface area contributed by atoms with Gasteiger partial charge in [-0.15, -0.1) is 0 Å². The van der Waals surface area contributed by atoms with Gasteiger partial charge in [0.2, 0.25) is 0 Å². The maximum atomic E-state index is 11.0. The first-order chi connectivity index (χ1) is 5.16. The van der Waals surface area contributed by atoms with Crippen LogP contribution < -0.4 is 5.73 Å². The number of methoxy groups -OCH3 is 1. The molecule has 62 valence electrons. The van der Waals surface area contributed by atoms with E-state index in [1.807, 2.05) is 0 Å². The summed E-state index contributed by atoms with van der Waals surface area (Å²) in [5.74, 6) is -0.745. The van der Waals surface area contributed by atoms with Gasteiger partial charge in [-0.1, -0.05) is 23.0 Å². The molecule has 1 aliphatic heterocycles. The van der Waals surface area contributed by atoms with Gasteiger partial charge in [-0.3, -0.25) is 4.79 Å². The predicted molar refractivity (Wildman–Crippen MR) is 51.3 cm³/mol. The van der Waals surface area contributed by atoms with Crippen molar-refractivity contribution in [2.45, 2.75) is 5.37 Å². The van der Waals surface area contributed by atoms with Crippen LogP contribution in [0, 0.1) is 5.92 Å². The van der Waals surface area contributed by atoms with Gasteiger partial charge < -0.3 is 10.5 Å². The van der Waals surface area contributed by atoms with Crippen molar-refractivity contribution >= 4 is 44.0 Å². The van der Waals surface area contributed by atoms with Gasteiger partial charge in [0, 0.05) is 0 Å². The van der Waals surface area contributed by atoms with Gasteiger partial charge in [-0.2, -0.15) is 0 Å². The molecule has 0 aromatic carbocycles. The molecule has 1 aliphatic rings. The van der Waals surface area contributed by atoms with Gasteiger partial charge in [-0.25, -0.2) is 0 Å². The Morgan fingerprint density at radius 1 is 1.82 bits per heavy atom. The van der Waals surface area contributed by atoms with Crippen LogP contribution in [0.4, 0.5) is 0 Å². The molecule has 0 saturated carbocycles. The number of rotatable bonds is 1. The van der Waals surface area contributed by atoms with Gasteiger partial charge in [-0.05, 0) is 10.8 Å². The summed E-state index contributed by atoms with van der Waals surface area (Å²) in [4.78, 5) is 11.0. The number of nitrogens with two attached hydrogens (primary N) is 1. The highest BCUT2D eigenvalue weighted by molar-refractivity contribution is 8.84. The molecule has 0 aromatic heterocycles. The van der Waals surface area contributed by atoms with E-state index in [0.717, 1.165) is 0 Å². The van der Waals surface area contributed by atoms with Crippen molar-refractivity contribution in [3.63, 3.8) is 0 Å². The van der Waals surface area contributed by atoms with Crippen LogP contribution in [0.5, 0.6) is 0 Å². The lowest BCUT2D eigenvalue weighted by Gasteiger charge is -2.09. The summed E-state index contributed by atoms with van der Waals surface area (Å²) in [5, 5.41) is -0.250. The fourth-order valence-corrected chi connectivity index (χ4v) is 3.64. The van der Waals surface area contributed by atoms with E-state index in [0.29, 0.717) is 4.20 Å². The van der Waals surface area contributed by atoms with E-state index < -0.39 is 5.92 Å². The summed E-state index contributed by atoms with van der Waals surface area (Å²) >= 11 is 4.92. The van der Waals surface area contributed by atoms with E-state index in [9.17, 15) is 4.79 Å². The van der Waals surface area contributed by atoms with Crippen molar-refractivity contribution in [1.29, 1.82) is 0 Å². The smallest absolute Gasteiger partial charge is 0.317 e. The van der Waals surface area contributed by atoms with Gasteiger partial charge in [0.1, 0.15) is 5.92 Å². The Balaban J connectivity index is 2.68. The highest BCUT2D eigenvalue weighted by atomic mass is 33.1. The molecule has 11 heavy (non-hydrogen) atoms. The zero-order chi connectivity index (χ0) is 8.43. The molecular formula is C5H7NO2S3.